The molecule has 6 heteroatoms. The minimum absolute atomic E-state index is 0.213. The molecule has 1 aromatic heterocycles. The van der Waals surface area contributed by atoms with Crippen molar-refractivity contribution in [1.29, 1.82) is 0 Å². The Bertz CT molecular complexity index is 799. The van der Waals surface area contributed by atoms with Gasteiger partial charge in [0.2, 0.25) is 0 Å². The van der Waals surface area contributed by atoms with Gasteiger partial charge >= 0.3 is 11.9 Å². The Balaban J connectivity index is 1.95. The maximum absolute atomic E-state index is 12.5. The maximum atomic E-state index is 12.5. The monoisotopic (exact) mass is 346 g/mol. The molecule has 1 aromatic rings. The number of esters is 2. The highest BCUT2D eigenvalue weighted by Crippen LogP contribution is 2.58. The number of ether oxygens (including phenoxy) is 2. The first-order chi connectivity index (χ1) is 11.8. The van der Waals surface area contributed by atoms with Gasteiger partial charge in [-0.3, -0.25) is 0 Å². The Morgan fingerprint density at radius 3 is 2.88 bits per heavy atom. The number of aliphatic hydroxyl groups is 1. The second-order valence-electron chi connectivity index (χ2n) is 7.45. The molecule has 0 bridgehead atoms. The van der Waals surface area contributed by atoms with Crippen LogP contribution in [0.2, 0.25) is 0 Å². The Labute approximate surface area is 145 Å². The van der Waals surface area contributed by atoms with Gasteiger partial charge in [-0.25, -0.2) is 9.59 Å². The third kappa shape index (κ3) is 2.13. The van der Waals surface area contributed by atoms with Crippen LogP contribution in [0, 0.1) is 12.8 Å². The van der Waals surface area contributed by atoms with Gasteiger partial charge in [-0.1, -0.05) is 13.0 Å². The zero-order chi connectivity index (χ0) is 18.1. The Morgan fingerprint density at radius 2 is 2.20 bits per heavy atom. The van der Waals surface area contributed by atoms with Crippen molar-refractivity contribution in [2.75, 3.05) is 6.61 Å². The molecule has 2 fully saturated rings. The number of fused-ring (bicyclic) bond motifs is 2. The largest absolute Gasteiger partial charge is 0.465 e. The van der Waals surface area contributed by atoms with E-state index in [2.05, 4.69) is 0 Å². The average Bonchev–Trinajstić information content (AvgIpc) is 3.03. The van der Waals surface area contributed by atoms with E-state index in [9.17, 15) is 14.7 Å². The zero-order valence-corrected chi connectivity index (χ0v) is 14.8. The van der Waals surface area contributed by atoms with Crippen molar-refractivity contribution in [3.63, 3.8) is 0 Å². The van der Waals surface area contributed by atoms with E-state index >= 15 is 0 Å². The van der Waals surface area contributed by atoms with Crippen LogP contribution in [-0.2, 0) is 14.3 Å². The van der Waals surface area contributed by atoms with Gasteiger partial charge in [0.05, 0.1) is 18.1 Å². The average molecular weight is 346 g/mol. The maximum Gasteiger partial charge on any atom is 0.341 e. The van der Waals surface area contributed by atoms with Gasteiger partial charge in [0, 0.05) is 29.4 Å². The quantitative estimate of drug-likeness (QED) is 0.829. The SMILES string of the molecule is CCOC(=O)c1c(C)oc2c1[C@@H](C)C=C1C(=O)O[C@H]3C[C@@](C)(O)[C@@H]2[C@@H]13. The number of hydrogen-bond donors (Lipinski definition) is 1. The van der Waals surface area contributed by atoms with E-state index in [0.29, 0.717) is 29.1 Å². The summed E-state index contributed by atoms with van der Waals surface area (Å²) in [6, 6.07) is 0. The van der Waals surface area contributed by atoms with Crippen molar-refractivity contribution < 1.29 is 28.6 Å². The summed E-state index contributed by atoms with van der Waals surface area (Å²) in [5, 5.41) is 11.0. The van der Waals surface area contributed by atoms with E-state index in [4.69, 9.17) is 13.9 Å². The molecule has 25 heavy (non-hydrogen) atoms. The van der Waals surface area contributed by atoms with Crippen LogP contribution in [0.4, 0.5) is 0 Å². The summed E-state index contributed by atoms with van der Waals surface area (Å²) < 4.78 is 16.7. The van der Waals surface area contributed by atoms with Crippen molar-refractivity contribution in [3.05, 3.63) is 34.3 Å². The third-order valence-electron chi connectivity index (χ3n) is 5.69. The second-order valence-corrected chi connectivity index (χ2v) is 7.45. The zero-order valence-electron chi connectivity index (χ0n) is 14.8. The molecule has 0 radical (unpaired) electrons. The molecule has 1 saturated heterocycles. The fourth-order valence-corrected chi connectivity index (χ4v) is 4.80. The van der Waals surface area contributed by atoms with E-state index in [1.54, 1.807) is 20.8 Å². The molecule has 4 rings (SSSR count). The highest BCUT2D eigenvalue weighted by molar-refractivity contribution is 5.95. The standard InChI is InChI=1S/C19H22O6/c1-5-23-18(21)13-9(3)24-16-12(13)8(2)6-10-14-11(25-17(10)20)7-19(4,22)15(14)16/h6,8,11,14-15,22H,5,7H2,1-4H3/t8-,11-,14-,15+,19+/m0/s1. The number of hydrogen-bond acceptors (Lipinski definition) is 6. The molecule has 1 N–H and O–H groups in total. The first-order valence-electron chi connectivity index (χ1n) is 8.71. The van der Waals surface area contributed by atoms with E-state index in [1.165, 1.54) is 0 Å². The molecule has 134 valence electrons. The number of rotatable bonds is 2. The van der Waals surface area contributed by atoms with Crippen LogP contribution in [0.25, 0.3) is 0 Å². The molecule has 3 aliphatic rings. The second kappa shape index (κ2) is 5.21. The van der Waals surface area contributed by atoms with Gasteiger partial charge in [-0.05, 0) is 20.8 Å². The summed E-state index contributed by atoms with van der Waals surface area (Å²) in [6.45, 7) is 7.41. The molecule has 1 aliphatic heterocycles. The molecule has 0 spiro atoms. The Hall–Kier alpha value is -2.08. The van der Waals surface area contributed by atoms with Gasteiger partial charge in [-0.15, -0.1) is 0 Å². The molecule has 0 amide bonds. The summed E-state index contributed by atoms with van der Waals surface area (Å²) in [6.07, 6.45) is 1.85. The summed E-state index contributed by atoms with van der Waals surface area (Å²) in [5.41, 5.74) is 0.633. The van der Waals surface area contributed by atoms with Crippen LogP contribution in [0.5, 0.6) is 0 Å². The molecule has 2 aliphatic carbocycles. The minimum atomic E-state index is -1.08. The van der Waals surface area contributed by atoms with Crippen LogP contribution in [-0.4, -0.2) is 35.4 Å². The van der Waals surface area contributed by atoms with Crippen molar-refractivity contribution in [3.8, 4) is 0 Å². The lowest BCUT2D eigenvalue weighted by atomic mass is 9.81. The lowest BCUT2D eigenvalue weighted by molar-refractivity contribution is -0.139. The molecular weight excluding hydrogens is 324 g/mol. The number of carbonyl (C=O) groups excluding carboxylic acids is 2. The van der Waals surface area contributed by atoms with Crippen LogP contribution >= 0.6 is 0 Å². The number of carbonyl (C=O) groups is 2. The van der Waals surface area contributed by atoms with Gasteiger partial charge in [0.15, 0.2) is 0 Å². The molecule has 0 unspecified atom stereocenters. The summed E-state index contributed by atoms with van der Waals surface area (Å²) >= 11 is 0. The number of allylic oxidation sites excluding steroid dienone is 1. The van der Waals surface area contributed by atoms with E-state index < -0.39 is 17.5 Å². The van der Waals surface area contributed by atoms with E-state index in [1.807, 2.05) is 13.0 Å². The molecular formula is C19H22O6. The third-order valence-corrected chi connectivity index (χ3v) is 5.69. The predicted molar refractivity (Wildman–Crippen MR) is 87.3 cm³/mol. The lowest BCUT2D eigenvalue weighted by Crippen LogP contribution is -2.31. The fourth-order valence-electron chi connectivity index (χ4n) is 4.80. The van der Waals surface area contributed by atoms with E-state index in [0.717, 1.165) is 5.56 Å². The number of aryl methyl sites for hydroxylation is 1. The van der Waals surface area contributed by atoms with Crippen LogP contribution in [0.3, 0.4) is 0 Å². The first kappa shape index (κ1) is 16.4. The highest BCUT2D eigenvalue weighted by atomic mass is 16.6. The van der Waals surface area contributed by atoms with Crippen LogP contribution < -0.4 is 0 Å². The predicted octanol–water partition coefficient (Wildman–Crippen LogP) is 2.59. The van der Waals surface area contributed by atoms with Crippen molar-refractivity contribution >= 4 is 11.9 Å². The van der Waals surface area contributed by atoms with Gasteiger partial charge in [0.1, 0.15) is 23.2 Å². The van der Waals surface area contributed by atoms with Crippen LogP contribution in [0.15, 0.2) is 16.1 Å². The highest BCUT2D eigenvalue weighted by Gasteiger charge is 2.61. The van der Waals surface area contributed by atoms with Gasteiger partial charge < -0.3 is 19.0 Å². The molecule has 6 nitrogen and oxygen atoms in total. The van der Waals surface area contributed by atoms with Crippen LogP contribution in [0.1, 0.15) is 66.5 Å². The summed E-state index contributed by atoms with van der Waals surface area (Å²) in [7, 11) is 0. The molecule has 1 saturated carbocycles. The number of furan rings is 1. The molecule has 5 atom stereocenters. The Kier molecular flexibility index (Phi) is 3.41. The summed E-state index contributed by atoms with van der Waals surface area (Å²) in [5.74, 6) is -0.578. The van der Waals surface area contributed by atoms with Crippen molar-refractivity contribution in [1.82, 2.24) is 0 Å². The normalized spacial score (nSPS) is 35.6. The molecule has 0 aromatic carbocycles. The lowest BCUT2D eigenvalue weighted by Gasteiger charge is -2.27. The van der Waals surface area contributed by atoms with E-state index in [-0.39, 0.29) is 30.5 Å². The summed E-state index contributed by atoms with van der Waals surface area (Å²) in [4.78, 5) is 24.8. The minimum Gasteiger partial charge on any atom is -0.465 e. The smallest absolute Gasteiger partial charge is 0.341 e. The van der Waals surface area contributed by atoms with Gasteiger partial charge in [0.25, 0.3) is 0 Å². The van der Waals surface area contributed by atoms with Crippen molar-refractivity contribution in [2.45, 2.75) is 57.7 Å². The fraction of sp³-hybridized carbons (Fsp3) is 0.579. The van der Waals surface area contributed by atoms with Gasteiger partial charge in [-0.2, -0.15) is 0 Å². The first-order valence-corrected chi connectivity index (χ1v) is 8.71. The molecule has 2 heterocycles. The van der Waals surface area contributed by atoms with Crippen molar-refractivity contribution in [2.24, 2.45) is 5.92 Å². The Morgan fingerprint density at radius 1 is 1.48 bits per heavy atom. The topological polar surface area (TPSA) is 86.0 Å².